The van der Waals surface area contributed by atoms with Gasteiger partial charge in [-0.05, 0) is 35.9 Å². The van der Waals surface area contributed by atoms with E-state index in [2.05, 4.69) is 27.6 Å². The van der Waals surface area contributed by atoms with Crippen molar-refractivity contribution in [2.45, 2.75) is 6.54 Å². The van der Waals surface area contributed by atoms with E-state index in [9.17, 15) is 0 Å². The molecule has 0 aliphatic rings. The number of para-hydroxylation sites is 1. The number of nitrogens with zero attached hydrogens (tertiary/aromatic N) is 4. The van der Waals surface area contributed by atoms with Crippen molar-refractivity contribution in [2.24, 2.45) is 0 Å². The van der Waals surface area contributed by atoms with Crippen LogP contribution in [-0.2, 0) is 6.54 Å². The van der Waals surface area contributed by atoms with Crippen molar-refractivity contribution in [3.8, 4) is 17.1 Å². The molecule has 148 valence electrons. The third kappa shape index (κ3) is 3.21. The Morgan fingerprint density at radius 1 is 0.967 bits per heavy atom. The molecule has 0 atom stereocenters. The van der Waals surface area contributed by atoms with Crippen LogP contribution < -0.4 is 10.1 Å². The number of halogens is 1. The van der Waals surface area contributed by atoms with Crippen LogP contribution in [0.3, 0.4) is 0 Å². The minimum Gasteiger partial charge on any atom is -0.496 e. The lowest BCUT2D eigenvalue weighted by Gasteiger charge is -2.13. The largest absolute Gasteiger partial charge is 0.496 e. The van der Waals surface area contributed by atoms with Gasteiger partial charge in [0.05, 0.1) is 18.2 Å². The summed E-state index contributed by atoms with van der Waals surface area (Å²) in [5.41, 5.74) is 3.44. The van der Waals surface area contributed by atoms with Crippen LogP contribution in [0.25, 0.3) is 27.9 Å². The third-order valence-corrected chi connectivity index (χ3v) is 5.18. The fourth-order valence-electron chi connectivity index (χ4n) is 3.51. The molecule has 5 rings (SSSR count). The summed E-state index contributed by atoms with van der Waals surface area (Å²) in [6.45, 7) is 0.610. The average Bonchev–Trinajstić information content (AvgIpc) is 3.23. The molecule has 2 aromatic heterocycles. The van der Waals surface area contributed by atoms with Gasteiger partial charge in [0.25, 0.3) is 0 Å². The van der Waals surface area contributed by atoms with Crippen LogP contribution >= 0.6 is 11.6 Å². The van der Waals surface area contributed by atoms with Crippen LogP contribution in [-0.4, -0.2) is 26.7 Å². The van der Waals surface area contributed by atoms with Gasteiger partial charge in [0.2, 0.25) is 5.95 Å². The zero-order valence-electron chi connectivity index (χ0n) is 16.2. The molecule has 3 aromatic carbocycles. The Morgan fingerprint density at radius 2 is 1.77 bits per heavy atom. The quantitative estimate of drug-likeness (QED) is 0.426. The van der Waals surface area contributed by atoms with E-state index in [0.29, 0.717) is 29.0 Å². The molecule has 7 heteroatoms. The fourth-order valence-corrected chi connectivity index (χ4v) is 3.68. The molecular weight excluding hydrogens is 398 g/mol. The molecule has 0 amide bonds. The molecule has 0 spiro atoms. The van der Waals surface area contributed by atoms with E-state index in [0.717, 1.165) is 27.8 Å². The minimum absolute atomic E-state index is 0.610. The van der Waals surface area contributed by atoms with Crippen molar-refractivity contribution in [3.63, 3.8) is 0 Å². The van der Waals surface area contributed by atoms with E-state index in [-0.39, 0.29) is 0 Å². The predicted octanol–water partition coefficient (Wildman–Crippen LogP) is 5.22. The van der Waals surface area contributed by atoms with Gasteiger partial charge in [0, 0.05) is 17.0 Å². The number of aromatic nitrogens is 4. The molecule has 1 N–H and O–H groups in total. The summed E-state index contributed by atoms with van der Waals surface area (Å²) >= 11 is 6.22. The summed E-state index contributed by atoms with van der Waals surface area (Å²) in [4.78, 5) is 4.84. The highest BCUT2D eigenvalue weighted by Gasteiger charge is 2.19. The first kappa shape index (κ1) is 18.4. The summed E-state index contributed by atoms with van der Waals surface area (Å²) < 4.78 is 7.48. The summed E-state index contributed by atoms with van der Waals surface area (Å²) in [6.07, 6.45) is 0. The molecule has 0 saturated heterocycles. The Kier molecular flexibility index (Phi) is 4.69. The molecule has 6 nitrogen and oxygen atoms in total. The number of ether oxygens (including phenoxy) is 1. The Labute approximate surface area is 178 Å². The highest BCUT2D eigenvalue weighted by atomic mass is 35.5. The van der Waals surface area contributed by atoms with Crippen LogP contribution in [0.2, 0.25) is 5.02 Å². The standard InChI is InChI=1S/C23H18ClN5O/c1-30-20-10-6-5-9-18(20)22-28-27-21-17-12-11-16(24)13-19(17)26-23(29(21)22)25-14-15-7-3-2-4-8-15/h2-13H,14H2,1H3,(H,25,26). The number of benzene rings is 3. The summed E-state index contributed by atoms with van der Waals surface area (Å²) in [7, 11) is 1.65. The molecular formula is C23H18ClN5O. The van der Waals surface area contributed by atoms with Crippen molar-refractivity contribution < 1.29 is 4.74 Å². The first-order chi connectivity index (χ1) is 14.7. The maximum atomic E-state index is 6.22. The topological polar surface area (TPSA) is 64.3 Å². The molecule has 0 fully saturated rings. The zero-order chi connectivity index (χ0) is 20.5. The maximum Gasteiger partial charge on any atom is 0.211 e. The number of nitrogens with one attached hydrogen (secondary N) is 1. The molecule has 0 aliphatic carbocycles. The molecule has 30 heavy (non-hydrogen) atoms. The van der Waals surface area contributed by atoms with Crippen LogP contribution in [0.15, 0.2) is 72.8 Å². The van der Waals surface area contributed by atoms with Gasteiger partial charge >= 0.3 is 0 Å². The van der Waals surface area contributed by atoms with E-state index in [4.69, 9.17) is 21.3 Å². The van der Waals surface area contributed by atoms with Gasteiger partial charge in [-0.2, -0.15) is 0 Å². The fraction of sp³-hybridized carbons (Fsp3) is 0.0870. The third-order valence-electron chi connectivity index (χ3n) is 4.94. The van der Waals surface area contributed by atoms with Crippen LogP contribution in [0.4, 0.5) is 5.95 Å². The lowest BCUT2D eigenvalue weighted by molar-refractivity contribution is 0.416. The molecule has 5 aromatic rings. The van der Waals surface area contributed by atoms with Crippen LogP contribution in [0, 0.1) is 0 Å². The SMILES string of the molecule is COc1ccccc1-c1nnc2c3ccc(Cl)cc3nc(NCc3ccccc3)n12. The van der Waals surface area contributed by atoms with Gasteiger partial charge in [-0.25, -0.2) is 9.38 Å². The Hall–Kier alpha value is -3.64. The van der Waals surface area contributed by atoms with Gasteiger partial charge in [0.1, 0.15) is 5.75 Å². The van der Waals surface area contributed by atoms with Gasteiger partial charge in [-0.15, -0.1) is 10.2 Å². The van der Waals surface area contributed by atoms with Crippen molar-refractivity contribution in [3.05, 3.63) is 83.4 Å². The summed E-state index contributed by atoms with van der Waals surface area (Å²) in [6, 6.07) is 23.5. The molecule has 0 bridgehead atoms. The predicted molar refractivity (Wildman–Crippen MR) is 119 cm³/mol. The minimum atomic E-state index is 0.610. The maximum absolute atomic E-state index is 6.22. The number of hydrogen-bond donors (Lipinski definition) is 1. The summed E-state index contributed by atoms with van der Waals surface area (Å²) in [5.74, 6) is 2.01. The first-order valence-corrected chi connectivity index (χ1v) is 9.88. The number of anilines is 1. The van der Waals surface area contributed by atoms with Crippen molar-refractivity contribution in [2.75, 3.05) is 12.4 Å². The van der Waals surface area contributed by atoms with Crippen molar-refractivity contribution in [1.29, 1.82) is 0 Å². The smallest absolute Gasteiger partial charge is 0.211 e. The monoisotopic (exact) mass is 415 g/mol. The van der Waals surface area contributed by atoms with Crippen LogP contribution in [0.5, 0.6) is 5.75 Å². The number of rotatable bonds is 5. The Bertz CT molecular complexity index is 1350. The van der Waals surface area contributed by atoms with E-state index < -0.39 is 0 Å². The number of methoxy groups -OCH3 is 1. The van der Waals surface area contributed by atoms with E-state index in [1.54, 1.807) is 7.11 Å². The summed E-state index contributed by atoms with van der Waals surface area (Å²) in [5, 5.41) is 13.9. The molecule has 0 radical (unpaired) electrons. The lowest BCUT2D eigenvalue weighted by atomic mass is 10.2. The molecule has 2 heterocycles. The molecule has 0 saturated carbocycles. The zero-order valence-corrected chi connectivity index (χ0v) is 17.0. The van der Waals surface area contributed by atoms with Gasteiger partial charge in [-0.3, -0.25) is 0 Å². The lowest BCUT2D eigenvalue weighted by Crippen LogP contribution is -2.08. The number of fused-ring (bicyclic) bond motifs is 3. The van der Waals surface area contributed by atoms with Crippen molar-refractivity contribution in [1.82, 2.24) is 19.6 Å². The van der Waals surface area contributed by atoms with Crippen LogP contribution in [0.1, 0.15) is 5.56 Å². The van der Waals surface area contributed by atoms with Gasteiger partial charge in [-0.1, -0.05) is 54.1 Å². The molecule has 0 unspecified atom stereocenters. The van der Waals surface area contributed by atoms with Crippen molar-refractivity contribution >= 4 is 34.1 Å². The second-order valence-corrected chi connectivity index (χ2v) is 7.26. The molecule has 0 aliphatic heterocycles. The highest BCUT2D eigenvalue weighted by Crippen LogP contribution is 2.32. The van der Waals surface area contributed by atoms with E-state index in [1.807, 2.05) is 65.1 Å². The van der Waals surface area contributed by atoms with E-state index >= 15 is 0 Å². The Morgan fingerprint density at radius 3 is 2.60 bits per heavy atom. The van der Waals surface area contributed by atoms with Gasteiger partial charge in [0.15, 0.2) is 11.5 Å². The highest BCUT2D eigenvalue weighted by molar-refractivity contribution is 6.31. The second-order valence-electron chi connectivity index (χ2n) is 6.82. The number of hydrogen-bond acceptors (Lipinski definition) is 5. The first-order valence-electron chi connectivity index (χ1n) is 9.50. The Balaban J connectivity index is 1.73. The van der Waals surface area contributed by atoms with E-state index in [1.165, 1.54) is 0 Å². The normalized spacial score (nSPS) is 11.1. The average molecular weight is 416 g/mol. The van der Waals surface area contributed by atoms with Gasteiger partial charge < -0.3 is 10.1 Å². The second kappa shape index (κ2) is 7.65.